The number of amides is 1. The monoisotopic (exact) mass is 516 g/mol. The Hall–Kier alpha value is -3.31. The van der Waals surface area contributed by atoms with Gasteiger partial charge in [-0.25, -0.2) is 9.37 Å². The Morgan fingerprint density at radius 2 is 1.97 bits per heavy atom. The number of anilines is 2. The molecule has 0 aliphatic rings. The molecule has 2 heterocycles. The van der Waals surface area contributed by atoms with E-state index in [2.05, 4.69) is 34.4 Å². The van der Waals surface area contributed by atoms with Crippen LogP contribution in [-0.2, 0) is 6.54 Å². The molecule has 3 N–H and O–H groups in total. The lowest BCUT2D eigenvalue weighted by molar-refractivity contribution is 0.0942. The number of benzene rings is 1. The summed E-state index contributed by atoms with van der Waals surface area (Å²) in [6.45, 7) is 8.49. The molecule has 0 saturated heterocycles. The summed E-state index contributed by atoms with van der Waals surface area (Å²) in [4.78, 5) is 32.6. The second-order valence-corrected chi connectivity index (χ2v) is 9.48. The number of nitrogens with zero attached hydrogens (tertiary/aromatic N) is 4. The molecular formula is C25H33FN6O3S. The fourth-order valence-corrected chi connectivity index (χ4v) is 4.02. The Balaban J connectivity index is 2.01. The standard InChI is InChI=1S/C25H33FN6O3S/c1-6-31(12-11-27-16(2)3)19-13-20(30(4)36-5)23-29-21(22(33)25(35)32(23)15-19)24(34)28-14-17-7-9-18(26)10-8-17/h7-10,13,15-16,27,33H,6,11-12,14H2,1-5H3,(H,28,34). The first kappa shape index (κ1) is 27.3. The van der Waals surface area contributed by atoms with Gasteiger partial charge in [-0.3, -0.25) is 14.0 Å². The average molecular weight is 517 g/mol. The summed E-state index contributed by atoms with van der Waals surface area (Å²) in [7, 11) is 1.84. The highest BCUT2D eigenvalue weighted by Gasteiger charge is 2.22. The van der Waals surface area contributed by atoms with Gasteiger partial charge in [-0.2, -0.15) is 0 Å². The van der Waals surface area contributed by atoms with Crippen molar-refractivity contribution in [1.29, 1.82) is 0 Å². The Morgan fingerprint density at radius 1 is 1.28 bits per heavy atom. The zero-order valence-corrected chi connectivity index (χ0v) is 22.0. The Bertz CT molecular complexity index is 1270. The molecule has 0 atom stereocenters. The molecule has 0 fully saturated rings. The molecule has 0 aliphatic heterocycles. The van der Waals surface area contributed by atoms with Gasteiger partial charge in [0.1, 0.15) is 5.82 Å². The fraction of sp³-hybridized carbons (Fsp3) is 0.400. The number of hydrogen-bond donors (Lipinski definition) is 3. The zero-order chi connectivity index (χ0) is 26.4. The molecule has 0 radical (unpaired) electrons. The normalized spacial score (nSPS) is 11.2. The third-order valence-electron chi connectivity index (χ3n) is 5.74. The molecule has 1 amide bonds. The van der Waals surface area contributed by atoms with Crippen molar-refractivity contribution in [1.82, 2.24) is 20.0 Å². The molecule has 3 rings (SSSR count). The summed E-state index contributed by atoms with van der Waals surface area (Å²) >= 11 is 1.43. The number of carbonyl (C=O) groups is 1. The van der Waals surface area contributed by atoms with Crippen molar-refractivity contribution in [2.75, 3.05) is 42.1 Å². The van der Waals surface area contributed by atoms with Crippen molar-refractivity contribution in [2.24, 2.45) is 0 Å². The number of pyridine rings is 1. The number of aromatic hydroxyl groups is 1. The summed E-state index contributed by atoms with van der Waals surface area (Å²) in [5, 5.41) is 16.7. The summed E-state index contributed by atoms with van der Waals surface area (Å²) in [6, 6.07) is 7.95. The predicted molar refractivity (Wildman–Crippen MR) is 144 cm³/mol. The first-order valence-electron chi connectivity index (χ1n) is 11.7. The van der Waals surface area contributed by atoms with E-state index in [9.17, 15) is 19.1 Å². The highest BCUT2D eigenvalue weighted by atomic mass is 32.2. The van der Waals surface area contributed by atoms with Gasteiger partial charge in [0, 0.05) is 51.7 Å². The minimum Gasteiger partial charge on any atom is -0.501 e. The van der Waals surface area contributed by atoms with Gasteiger partial charge in [-0.15, -0.1) is 0 Å². The number of carbonyl (C=O) groups excluding carboxylic acids is 1. The van der Waals surface area contributed by atoms with Crippen LogP contribution in [0.25, 0.3) is 5.65 Å². The number of rotatable bonds is 11. The van der Waals surface area contributed by atoms with Crippen molar-refractivity contribution in [2.45, 2.75) is 33.4 Å². The molecule has 194 valence electrons. The summed E-state index contributed by atoms with van der Waals surface area (Å²) in [5.41, 5.74) is 1.24. The van der Waals surface area contributed by atoms with Crippen LogP contribution < -0.4 is 25.4 Å². The van der Waals surface area contributed by atoms with Gasteiger partial charge >= 0.3 is 5.56 Å². The predicted octanol–water partition coefficient (Wildman–Crippen LogP) is 3.01. The van der Waals surface area contributed by atoms with Crippen molar-refractivity contribution >= 4 is 34.9 Å². The maximum absolute atomic E-state index is 13.2. The van der Waals surface area contributed by atoms with Crippen LogP contribution in [0.15, 0.2) is 41.3 Å². The van der Waals surface area contributed by atoms with Gasteiger partial charge in [0.25, 0.3) is 5.91 Å². The Kier molecular flexibility index (Phi) is 9.16. The van der Waals surface area contributed by atoms with Crippen molar-refractivity contribution < 1.29 is 14.3 Å². The van der Waals surface area contributed by atoms with Gasteiger partial charge in [0.2, 0.25) is 5.75 Å². The van der Waals surface area contributed by atoms with Crippen LogP contribution in [-0.4, -0.2) is 59.4 Å². The zero-order valence-electron chi connectivity index (χ0n) is 21.2. The number of hydrogen-bond acceptors (Lipinski definition) is 8. The highest BCUT2D eigenvalue weighted by molar-refractivity contribution is 7.99. The first-order valence-corrected chi connectivity index (χ1v) is 12.9. The van der Waals surface area contributed by atoms with E-state index in [0.29, 0.717) is 23.8 Å². The van der Waals surface area contributed by atoms with E-state index < -0.39 is 17.2 Å². The highest BCUT2D eigenvalue weighted by Crippen LogP contribution is 2.29. The van der Waals surface area contributed by atoms with Crippen LogP contribution in [0.1, 0.15) is 36.8 Å². The second-order valence-electron chi connectivity index (χ2n) is 8.57. The lowest BCUT2D eigenvalue weighted by atomic mass is 10.2. The summed E-state index contributed by atoms with van der Waals surface area (Å²) < 4.78 is 16.3. The molecule has 11 heteroatoms. The Labute approximate surface area is 214 Å². The number of fused-ring (bicyclic) bond motifs is 1. The van der Waals surface area contributed by atoms with Gasteiger partial charge in [-0.1, -0.05) is 37.9 Å². The summed E-state index contributed by atoms with van der Waals surface area (Å²) in [5.74, 6) is -1.81. The first-order chi connectivity index (χ1) is 17.2. The van der Waals surface area contributed by atoms with Crippen LogP contribution in [0.4, 0.5) is 15.8 Å². The molecule has 0 unspecified atom stereocenters. The lowest BCUT2D eigenvalue weighted by Gasteiger charge is -2.27. The van der Waals surface area contributed by atoms with E-state index in [4.69, 9.17) is 0 Å². The maximum Gasteiger partial charge on any atom is 0.301 e. The number of likely N-dealkylation sites (N-methyl/N-ethyl adjacent to an activating group) is 1. The summed E-state index contributed by atoms with van der Waals surface area (Å²) in [6.07, 6.45) is 3.53. The maximum atomic E-state index is 13.2. The minimum atomic E-state index is -0.735. The number of halogens is 1. The molecule has 0 spiro atoms. The topological polar surface area (TPSA) is 102 Å². The van der Waals surface area contributed by atoms with E-state index in [-0.39, 0.29) is 23.7 Å². The largest absolute Gasteiger partial charge is 0.501 e. The number of aromatic nitrogens is 2. The van der Waals surface area contributed by atoms with E-state index in [1.54, 1.807) is 18.3 Å². The van der Waals surface area contributed by atoms with Gasteiger partial charge in [-0.05, 0) is 30.7 Å². The molecule has 36 heavy (non-hydrogen) atoms. The number of nitrogens with one attached hydrogen (secondary N) is 2. The second kappa shape index (κ2) is 12.1. The fourth-order valence-electron chi connectivity index (χ4n) is 3.69. The molecule has 0 bridgehead atoms. The van der Waals surface area contributed by atoms with Crippen LogP contribution in [0, 0.1) is 5.82 Å². The lowest BCUT2D eigenvalue weighted by Crippen LogP contribution is -2.35. The third-order valence-corrected chi connectivity index (χ3v) is 6.49. The van der Waals surface area contributed by atoms with E-state index in [0.717, 1.165) is 18.8 Å². The molecule has 0 saturated carbocycles. The van der Waals surface area contributed by atoms with Crippen molar-refractivity contribution in [3.63, 3.8) is 0 Å². The quantitative estimate of drug-likeness (QED) is 0.335. The molecule has 0 aliphatic carbocycles. The van der Waals surface area contributed by atoms with E-state index >= 15 is 0 Å². The van der Waals surface area contributed by atoms with Gasteiger partial charge < -0.3 is 24.9 Å². The van der Waals surface area contributed by atoms with Crippen molar-refractivity contribution in [3.05, 3.63) is 64.0 Å². The smallest absolute Gasteiger partial charge is 0.301 e. The van der Waals surface area contributed by atoms with Gasteiger partial charge in [0.15, 0.2) is 11.3 Å². The van der Waals surface area contributed by atoms with Crippen LogP contribution in [0.2, 0.25) is 0 Å². The van der Waals surface area contributed by atoms with Crippen molar-refractivity contribution in [3.8, 4) is 5.75 Å². The Morgan fingerprint density at radius 3 is 2.58 bits per heavy atom. The molecule has 9 nitrogen and oxygen atoms in total. The molecule has 3 aromatic rings. The van der Waals surface area contributed by atoms with Gasteiger partial charge in [0.05, 0.1) is 11.4 Å². The van der Waals surface area contributed by atoms with E-state index in [1.165, 1.54) is 28.5 Å². The molecular weight excluding hydrogens is 483 g/mol. The van der Waals surface area contributed by atoms with Crippen LogP contribution in [0.3, 0.4) is 0 Å². The third kappa shape index (κ3) is 6.27. The molecule has 1 aromatic carbocycles. The van der Waals surface area contributed by atoms with Crippen LogP contribution >= 0.6 is 11.9 Å². The SMILES string of the molecule is CCN(CCNC(C)C)c1cc(N(C)SC)c2nc(C(=O)NCc3ccc(F)cc3)c(O)c(=O)n2c1. The molecule has 2 aromatic heterocycles. The average Bonchev–Trinajstić information content (AvgIpc) is 2.87. The van der Waals surface area contributed by atoms with E-state index in [1.807, 2.05) is 30.6 Å². The van der Waals surface area contributed by atoms with Crippen LogP contribution in [0.5, 0.6) is 5.75 Å². The minimum absolute atomic E-state index is 0.0893.